The molecule has 1 aromatic rings. The van der Waals surface area contributed by atoms with Gasteiger partial charge in [0.1, 0.15) is 0 Å². The van der Waals surface area contributed by atoms with Crippen molar-refractivity contribution in [3.63, 3.8) is 0 Å². The molecule has 0 saturated carbocycles. The SMILES string of the molecule is CCCSCc1noc([C@H](C)N)n1. The Hall–Kier alpha value is -0.550. The maximum Gasteiger partial charge on any atom is 0.243 e. The van der Waals surface area contributed by atoms with Crippen LogP contribution in [0.4, 0.5) is 0 Å². The van der Waals surface area contributed by atoms with Crippen LogP contribution in [0.15, 0.2) is 4.52 Å². The highest BCUT2D eigenvalue weighted by atomic mass is 32.2. The number of hydrogen-bond donors (Lipinski definition) is 1. The standard InChI is InChI=1S/C8H15N3OS/c1-3-4-13-5-7-10-8(6(2)9)12-11-7/h6H,3-5,9H2,1-2H3/t6-/m0/s1. The second-order valence-electron chi connectivity index (χ2n) is 2.89. The van der Waals surface area contributed by atoms with Crippen LogP contribution in [0, 0.1) is 0 Å². The van der Waals surface area contributed by atoms with Crippen molar-refractivity contribution in [1.82, 2.24) is 10.1 Å². The summed E-state index contributed by atoms with van der Waals surface area (Å²) in [4.78, 5) is 4.16. The van der Waals surface area contributed by atoms with Crippen LogP contribution in [0.1, 0.15) is 38.0 Å². The van der Waals surface area contributed by atoms with Crippen LogP contribution < -0.4 is 5.73 Å². The molecule has 0 aliphatic rings. The van der Waals surface area contributed by atoms with Gasteiger partial charge in [-0.05, 0) is 19.1 Å². The average molecular weight is 201 g/mol. The summed E-state index contributed by atoms with van der Waals surface area (Å²) in [7, 11) is 0. The van der Waals surface area contributed by atoms with E-state index in [0.717, 1.165) is 17.3 Å². The van der Waals surface area contributed by atoms with E-state index in [9.17, 15) is 0 Å². The Balaban J connectivity index is 2.40. The molecule has 0 aromatic carbocycles. The number of hydrogen-bond acceptors (Lipinski definition) is 5. The van der Waals surface area contributed by atoms with E-state index in [4.69, 9.17) is 10.3 Å². The summed E-state index contributed by atoms with van der Waals surface area (Å²) in [6.07, 6.45) is 1.17. The van der Waals surface area contributed by atoms with Crippen molar-refractivity contribution in [3.8, 4) is 0 Å². The topological polar surface area (TPSA) is 64.9 Å². The molecule has 0 fully saturated rings. The van der Waals surface area contributed by atoms with E-state index in [1.165, 1.54) is 6.42 Å². The summed E-state index contributed by atoms with van der Waals surface area (Å²) in [5, 5.41) is 3.82. The summed E-state index contributed by atoms with van der Waals surface area (Å²) in [6, 6.07) is -0.169. The lowest BCUT2D eigenvalue weighted by Gasteiger charge is -1.93. The van der Waals surface area contributed by atoms with Crippen LogP contribution in [0.3, 0.4) is 0 Å². The van der Waals surface area contributed by atoms with Crippen molar-refractivity contribution in [2.24, 2.45) is 5.73 Å². The predicted molar refractivity (Wildman–Crippen MR) is 53.4 cm³/mol. The molecule has 0 spiro atoms. The van der Waals surface area contributed by atoms with Gasteiger partial charge in [0.2, 0.25) is 5.89 Å². The fourth-order valence-corrected chi connectivity index (χ4v) is 1.55. The largest absolute Gasteiger partial charge is 0.338 e. The van der Waals surface area contributed by atoms with Gasteiger partial charge in [-0.2, -0.15) is 16.7 Å². The molecule has 0 radical (unpaired) electrons. The molecule has 1 aromatic heterocycles. The van der Waals surface area contributed by atoms with Gasteiger partial charge in [0.25, 0.3) is 0 Å². The Labute approximate surface area is 82.3 Å². The van der Waals surface area contributed by atoms with Crippen LogP contribution in [0.5, 0.6) is 0 Å². The molecule has 74 valence electrons. The van der Waals surface area contributed by atoms with Gasteiger partial charge in [-0.15, -0.1) is 0 Å². The molecular formula is C8H15N3OS. The van der Waals surface area contributed by atoms with Crippen molar-refractivity contribution in [2.75, 3.05) is 5.75 Å². The molecule has 0 unspecified atom stereocenters. The van der Waals surface area contributed by atoms with E-state index in [1.807, 2.05) is 6.92 Å². The molecule has 1 heterocycles. The third-order valence-corrected chi connectivity index (χ3v) is 2.61. The van der Waals surface area contributed by atoms with Gasteiger partial charge in [0.05, 0.1) is 11.8 Å². The van der Waals surface area contributed by atoms with Gasteiger partial charge in [-0.3, -0.25) is 0 Å². The Kier molecular flexibility index (Phi) is 4.24. The third-order valence-electron chi connectivity index (χ3n) is 1.45. The predicted octanol–water partition coefficient (Wildman–Crippen LogP) is 1.73. The lowest BCUT2D eigenvalue weighted by molar-refractivity contribution is 0.358. The molecule has 0 aliphatic heterocycles. The van der Waals surface area contributed by atoms with Gasteiger partial charge < -0.3 is 10.3 Å². The van der Waals surface area contributed by atoms with Crippen molar-refractivity contribution in [2.45, 2.75) is 32.1 Å². The molecule has 1 atom stereocenters. The molecule has 0 bridgehead atoms. The zero-order chi connectivity index (χ0) is 9.68. The number of nitrogens with two attached hydrogens (primary N) is 1. The Morgan fingerprint density at radius 1 is 1.62 bits per heavy atom. The van der Waals surface area contributed by atoms with E-state index in [-0.39, 0.29) is 6.04 Å². The second-order valence-corrected chi connectivity index (χ2v) is 4.00. The zero-order valence-electron chi connectivity index (χ0n) is 7.99. The van der Waals surface area contributed by atoms with Crippen molar-refractivity contribution in [3.05, 3.63) is 11.7 Å². The second kappa shape index (κ2) is 5.24. The van der Waals surface area contributed by atoms with E-state index in [0.29, 0.717) is 5.89 Å². The first-order chi connectivity index (χ1) is 6.24. The minimum Gasteiger partial charge on any atom is -0.338 e. The molecule has 0 saturated heterocycles. The van der Waals surface area contributed by atoms with Crippen LogP contribution in [-0.2, 0) is 5.75 Å². The zero-order valence-corrected chi connectivity index (χ0v) is 8.80. The minimum absolute atomic E-state index is 0.169. The monoisotopic (exact) mass is 201 g/mol. The summed E-state index contributed by atoms with van der Waals surface area (Å²) in [5.41, 5.74) is 5.58. The highest BCUT2D eigenvalue weighted by molar-refractivity contribution is 7.98. The molecule has 2 N–H and O–H groups in total. The summed E-state index contributed by atoms with van der Waals surface area (Å²) in [5.74, 6) is 3.20. The lowest BCUT2D eigenvalue weighted by Crippen LogP contribution is -2.05. The average Bonchev–Trinajstić information content (AvgIpc) is 2.53. The third kappa shape index (κ3) is 3.36. The van der Waals surface area contributed by atoms with Crippen molar-refractivity contribution >= 4 is 11.8 Å². The van der Waals surface area contributed by atoms with Gasteiger partial charge in [0.15, 0.2) is 5.82 Å². The minimum atomic E-state index is -0.169. The first-order valence-corrected chi connectivity index (χ1v) is 5.55. The van der Waals surface area contributed by atoms with Crippen LogP contribution >= 0.6 is 11.8 Å². The maximum absolute atomic E-state index is 5.58. The first kappa shape index (κ1) is 10.5. The van der Waals surface area contributed by atoms with Gasteiger partial charge >= 0.3 is 0 Å². The van der Waals surface area contributed by atoms with Gasteiger partial charge in [0, 0.05) is 0 Å². The van der Waals surface area contributed by atoms with E-state index >= 15 is 0 Å². The first-order valence-electron chi connectivity index (χ1n) is 4.39. The Morgan fingerprint density at radius 3 is 2.92 bits per heavy atom. The highest BCUT2D eigenvalue weighted by Crippen LogP contribution is 2.12. The Bertz CT molecular complexity index is 249. The molecule has 4 nitrogen and oxygen atoms in total. The lowest BCUT2D eigenvalue weighted by atomic mass is 10.4. The van der Waals surface area contributed by atoms with Crippen LogP contribution in [0.2, 0.25) is 0 Å². The number of rotatable bonds is 5. The fourth-order valence-electron chi connectivity index (χ4n) is 0.819. The molecule has 1 rings (SSSR count). The maximum atomic E-state index is 5.58. The van der Waals surface area contributed by atoms with Crippen LogP contribution in [0.25, 0.3) is 0 Å². The summed E-state index contributed by atoms with van der Waals surface area (Å²) < 4.78 is 4.96. The smallest absolute Gasteiger partial charge is 0.243 e. The molecule has 0 amide bonds. The summed E-state index contributed by atoms with van der Waals surface area (Å²) in [6.45, 7) is 3.98. The summed E-state index contributed by atoms with van der Waals surface area (Å²) >= 11 is 1.81. The fraction of sp³-hybridized carbons (Fsp3) is 0.750. The molecule has 13 heavy (non-hydrogen) atoms. The van der Waals surface area contributed by atoms with E-state index in [1.54, 1.807) is 11.8 Å². The van der Waals surface area contributed by atoms with E-state index < -0.39 is 0 Å². The molecule has 0 aliphatic carbocycles. The number of nitrogens with zero attached hydrogens (tertiary/aromatic N) is 2. The normalized spacial score (nSPS) is 13.2. The number of thioether (sulfide) groups is 1. The van der Waals surface area contributed by atoms with Gasteiger partial charge in [-0.25, -0.2) is 0 Å². The van der Waals surface area contributed by atoms with Crippen LogP contribution in [-0.4, -0.2) is 15.9 Å². The van der Waals surface area contributed by atoms with Gasteiger partial charge in [-0.1, -0.05) is 12.1 Å². The highest BCUT2D eigenvalue weighted by Gasteiger charge is 2.09. The Morgan fingerprint density at radius 2 is 2.38 bits per heavy atom. The molecular weight excluding hydrogens is 186 g/mol. The van der Waals surface area contributed by atoms with E-state index in [2.05, 4.69) is 17.1 Å². The number of aromatic nitrogens is 2. The van der Waals surface area contributed by atoms with Crippen molar-refractivity contribution < 1.29 is 4.52 Å². The quantitative estimate of drug-likeness (QED) is 0.735. The molecule has 5 heteroatoms. The van der Waals surface area contributed by atoms with Crippen molar-refractivity contribution in [1.29, 1.82) is 0 Å².